The molecule has 5 heteroatoms. The number of aryl methyl sites for hydroxylation is 1. The van der Waals surface area contributed by atoms with Crippen LogP contribution < -0.4 is 4.74 Å². The molecule has 0 aliphatic rings. The average Bonchev–Trinajstić information content (AvgIpc) is 2.60. The molecule has 2 aromatic heterocycles. The predicted octanol–water partition coefficient (Wildman–Crippen LogP) is 2.52. The molecule has 0 saturated carbocycles. The summed E-state index contributed by atoms with van der Waals surface area (Å²) >= 11 is 5.59. The number of nitrogens with zero attached hydrogens (tertiary/aromatic N) is 2. The maximum absolute atomic E-state index is 5.19. The van der Waals surface area contributed by atoms with Crippen LogP contribution in [0, 0.1) is 0 Å². The summed E-state index contributed by atoms with van der Waals surface area (Å²) in [6, 6.07) is 3.74. The van der Waals surface area contributed by atoms with Crippen molar-refractivity contribution >= 4 is 34.3 Å². The minimum absolute atomic E-state index is 0.345. The number of hydrogen-bond donors (Lipinski definition) is 1. The van der Waals surface area contributed by atoms with Crippen LogP contribution in [-0.4, -0.2) is 15.9 Å². The zero-order valence-electron chi connectivity index (χ0n) is 7.73. The van der Waals surface area contributed by atoms with Crippen molar-refractivity contribution in [2.45, 2.75) is 13.3 Å². The maximum Gasteiger partial charge on any atom is 0.215 e. The van der Waals surface area contributed by atoms with Crippen molar-refractivity contribution in [2.24, 2.45) is 0 Å². The van der Waals surface area contributed by atoms with E-state index in [1.807, 2.05) is 12.1 Å². The van der Waals surface area contributed by atoms with E-state index in [0.717, 1.165) is 21.8 Å². The monoisotopic (exact) mass is 226 g/mol. The van der Waals surface area contributed by atoms with Crippen molar-refractivity contribution < 1.29 is 4.74 Å². The van der Waals surface area contributed by atoms with Gasteiger partial charge in [0.25, 0.3) is 0 Å². The summed E-state index contributed by atoms with van der Waals surface area (Å²) in [5, 5.41) is 1.11. The van der Waals surface area contributed by atoms with Crippen molar-refractivity contribution in [1.29, 1.82) is 0 Å². The lowest BCUT2D eigenvalue weighted by Crippen LogP contribution is -1.91. The number of aromatic nitrogens is 2. The topological polar surface area (TPSA) is 35.0 Å². The van der Waals surface area contributed by atoms with Gasteiger partial charge in [0.05, 0.1) is 5.01 Å². The Morgan fingerprint density at radius 1 is 1.43 bits per heavy atom. The number of thiazole rings is 1. The number of thiol groups is 1. The van der Waals surface area contributed by atoms with Crippen LogP contribution in [0.2, 0.25) is 0 Å². The molecule has 0 aliphatic heterocycles. The van der Waals surface area contributed by atoms with Crippen molar-refractivity contribution in [3.63, 3.8) is 0 Å². The van der Waals surface area contributed by atoms with Gasteiger partial charge in [0.1, 0.15) is 16.3 Å². The minimum Gasteiger partial charge on any atom is -0.467 e. The lowest BCUT2D eigenvalue weighted by Gasteiger charge is -1.98. The largest absolute Gasteiger partial charge is 0.467 e. The molecule has 3 nitrogen and oxygen atoms in total. The first-order valence-electron chi connectivity index (χ1n) is 4.33. The molecule has 2 heterocycles. The van der Waals surface area contributed by atoms with Gasteiger partial charge >= 0.3 is 0 Å². The highest BCUT2D eigenvalue weighted by atomic mass is 32.1. The third kappa shape index (κ3) is 1.83. The standard InChI is InChI=1S/C9H10N2OS2/c1-2-8-10-6-3-4-7(12-5-13)11-9(6)14-8/h3-4,13H,2,5H2,1H3. The van der Waals surface area contributed by atoms with E-state index in [2.05, 4.69) is 29.5 Å². The Labute approximate surface area is 91.6 Å². The summed E-state index contributed by atoms with van der Waals surface area (Å²) in [6.07, 6.45) is 0.948. The van der Waals surface area contributed by atoms with E-state index in [9.17, 15) is 0 Å². The highest BCUT2D eigenvalue weighted by Crippen LogP contribution is 2.22. The fraction of sp³-hybridized carbons (Fsp3) is 0.333. The second kappa shape index (κ2) is 4.14. The summed E-state index contributed by atoms with van der Waals surface area (Å²) in [5.74, 6) is 0.955. The molecule has 0 aromatic carbocycles. The molecule has 0 unspecified atom stereocenters. The van der Waals surface area contributed by atoms with Gasteiger partial charge < -0.3 is 4.74 Å². The third-order valence-corrected chi connectivity index (χ3v) is 3.03. The van der Waals surface area contributed by atoms with Gasteiger partial charge in [-0.25, -0.2) is 9.97 Å². The van der Waals surface area contributed by atoms with Crippen LogP contribution in [-0.2, 0) is 6.42 Å². The molecule has 0 fully saturated rings. The third-order valence-electron chi connectivity index (χ3n) is 1.79. The Balaban J connectivity index is 2.43. The molecule has 2 aromatic rings. The van der Waals surface area contributed by atoms with E-state index < -0.39 is 0 Å². The van der Waals surface area contributed by atoms with Crippen LogP contribution in [0.3, 0.4) is 0 Å². The second-order valence-electron chi connectivity index (χ2n) is 2.71. The van der Waals surface area contributed by atoms with E-state index in [-0.39, 0.29) is 0 Å². The number of rotatable bonds is 3. The number of hydrogen-bond acceptors (Lipinski definition) is 5. The normalized spacial score (nSPS) is 10.7. The van der Waals surface area contributed by atoms with Crippen LogP contribution in [0.15, 0.2) is 12.1 Å². The molecule has 0 spiro atoms. The van der Waals surface area contributed by atoms with Gasteiger partial charge in [0, 0.05) is 6.07 Å². The van der Waals surface area contributed by atoms with Gasteiger partial charge in [-0.3, -0.25) is 0 Å². The number of pyridine rings is 1. The van der Waals surface area contributed by atoms with Crippen LogP contribution in [0.1, 0.15) is 11.9 Å². The van der Waals surface area contributed by atoms with E-state index in [4.69, 9.17) is 4.74 Å². The Morgan fingerprint density at radius 2 is 2.29 bits per heavy atom. The average molecular weight is 226 g/mol. The van der Waals surface area contributed by atoms with Crippen LogP contribution in [0.5, 0.6) is 5.88 Å². The smallest absolute Gasteiger partial charge is 0.215 e. The molecule has 14 heavy (non-hydrogen) atoms. The first kappa shape index (κ1) is 9.73. The molecule has 74 valence electrons. The highest BCUT2D eigenvalue weighted by Gasteiger charge is 2.04. The summed E-state index contributed by atoms with van der Waals surface area (Å²) in [6.45, 7) is 2.09. The van der Waals surface area contributed by atoms with Gasteiger partial charge in [0.15, 0.2) is 0 Å². The van der Waals surface area contributed by atoms with Gasteiger partial charge in [0.2, 0.25) is 5.88 Å². The number of fused-ring (bicyclic) bond motifs is 1. The van der Waals surface area contributed by atoms with Crippen LogP contribution in [0.25, 0.3) is 10.3 Å². The molecular formula is C9H10N2OS2. The predicted molar refractivity (Wildman–Crippen MR) is 61.3 cm³/mol. The SMILES string of the molecule is CCc1nc2ccc(OCS)nc2s1. The first-order valence-corrected chi connectivity index (χ1v) is 5.78. The molecule has 0 N–H and O–H groups in total. The zero-order chi connectivity index (χ0) is 9.97. The molecule has 0 atom stereocenters. The van der Waals surface area contributed by atoms with Gasteiger partial charge in [-0.15, -0.1) is 12.6 Å². The van der Waals surface area contributed by atoms with Crippen LogP contribution >= 0.6 is 24.0 Å². The molecule has 0 saturated heterocycles. The Hall–Kier alpha value is -0.810. The molecule has 0 radical (unpaired) electrons. The quantitative estimate of drug-likeness (QED) is 0.645. The molecule has 0 bridgehead atoms. The zero-order valence-corrected chi connectivity index (χ0v) is 9.44. The summed E-state index contributed by atoms with van der Waals surface area (Å²) < 4.78 is 5.19. The van der Waals surface area contributed by atoms with Crippen LogP contribution in [0.4, 0.5) is 0 Å². The fourth-order valence-corrected chi connectivity index (χ4v) is 2.14. The van der Waals surface area contributed by atoms with Crippen molar-refractivity contribution in [1.82, 2.24) is 9.97 Å². The maximum atomic E-state index is 5.19. The Kier molecular flexibility index (Phi) is 2.88. The van der Waals surface area contributed by atoms with Crippen molar-refractivity contribution in [2.75, 3.05) is 5.94 Å². The second-order valence-corrected chi connectivity index (χ2v) is 4.03. The Bertz CT molecular complexity index is 441. The first-order chi connectivity index (χ1) is 6.83. The van der Waals surface area contributed by atoms with E-state index in [0.29, 0.717) is 11.8 Å². The molecule has 2 rings (SSSR count). The minimum atomic E-state index is 0.345. The van der Waals surface area contributed by atoms with E-state index >= 15 is 0 Å². The summed E-state index contributed by atoms with van der Waals surface area (Å²) in [4.78, 5) is 9.66. The lowest BCUT2D eigenvalue weighted by molar-refractivity contribution is 0.380. The highest BCUT2D eigenvalue weighted by molar-refractivity contribution is 7.80. The van der Waals surface area contributed by atoms with Crippen molar-refractivity contribution in [3.8, 4) is 5.88 Å². The van der Waals surface area contributed by atoms with E-state index in [1.54, 1.807) is 11.3 Å². The van der Waals surface area contributed by atoms with Gasteiger partial charge in [-0.2, -0.15) is 0 Å². The molecule has 0 amide bonds. The fourth-order valence-electron chi connectivity index (χ4n) is 1.14. The molecule has 0 aliphatic carbocycles. The Morgan fingerprint density at radius 3 is 3.00 bits per heavy atom. The summed E-state index contributed by atoms with van der Waals surface area (Å²) in [5.41, 5.74) is 0.943. The number of ether oxygens (including phenoxy) is 1. The molecular weight excluding hydrogens is 216 g/mol. The van der Waals surface area contributed by atoms with Crippen molar-refractivity contribution in [3.05, 3.63) is 17.1 Å². The lowest BCUT2D eigenvalue weighted by atomic mass is 10.4. The van der Waals surface area contributed by atoms with Gasteiger partial charge in [-0.05, 0) is 12.5 Å². The van der Waals surface area contributed by atoms with Gasteiger partial charge in [-0.1, -0.05) is 18.3 Å². The summed E-state index contributed by atoms with van der Waals surface area (Å²) in [7, 11) is 0. The van der Waals surface area contributed by atoms with E-state index in [1.165, 1.54) is 0 Å².